The van der Waals surface area contributed by atoms with Crippen LogP contribution in [0.5, 0.6) is 0 Å². The van der Waals surface area contributed by atoms with Gasteiger partial charge in [-0.05, 0) is 45.1 Å². The highest BCUT2D eigenvalue weighted by Crippen LogP contribution is 2.31. The molecule has 0 bridgehead atoms. The van der Waals surface area contributed by atoms with Crippen molar-refractivity contribution in [3.63, 3.8) is 0 Å². The summed E-state index contributed by atoms with van der Waals surface area (Å²) in [5, 5.41) is 14.9. The number of likely N-dealkylation sites (tertiary alicyclic amines) is 1. The molecule has 1 aromatic carbocycles. The van der Waals surface area contributed by atoms with Gasteiger partial charge in [-0.1, -0.05) is 30.3 Å². The summed E-state index contributed by atoms with van der Waals surface area (Å²) in [4.78, 5) is 14.6. The van der Waals surface area contributed by atoms with Crippen LogP contribution in [-0.2, 0) is 5.54 Å². The first-order chi connectivity index (χ1) is 11.9. The van der Waals surface area contributed by atoms with Crippen molar-refractivity contribution >= 4 is 5.91 Å². The molecule has 1 aliphatic heterocycles. The van der Waals surface area contributed by atoms with Gasteiger partial charge in [-0.25, -0.2) is 0 Å². The SMILES string of the molecule is CC(C)(C)n1cc(C(=O)N2CCC([C@H](O)c3ccccc3)CC2)cn1. The van der Waals surface area contributed by atoms with Gasteiger partial charge in [0.1, 0.15) is 0 Å². The van der Waals surface area contributed by atoms with Crippen molar-refractivity contribution in [3.8, 4) is 0 Å². The minimum absolute atomic E-state index is 0.0307. The van der Waals surface area contributed by atoms with Gasteiger partial charge in [0.25, 0.3) is 5.91 Å². The lowest BCUT2D eigenvalue weighted by molar-refractivity contribution is 0.0462. The maximum absolute atomic E-state index is 12.7. The predicted molar refractivity (Wildman–Crippen MR) is 97.3 cm³/mol. The second-order valence-corrected chi connectivity index (χ2v) is 7.83. The van der Waals surface area contributed by atoms with Gasteiger partial charge in [0.15, 0.2) is 0 Å². The Balaban J connectivity index is 1.60. The van der Waals surface area contributed by atoms with E-state index < -0.39 is 6.10 Å². The molecule has 1 fully saturated rings. The van der Waals surface area contributed by atoms with Gasteiger partial charge < -0.3 is 10.0 Å². The number of hydrogen-bond acceptors (Lipinski definition) is 3. The number of carbonyl (C=O) groups excluding carboxylic acids is 1. The molecule has 3 rings (SSSR count). The Kier molecular flexibility index (Phi) is 4.95. The smallest absolute Gasteiger partial charge is 0.257 e. The molecule has 5 heteroatoms. The first-order valence-electron chi connectivity index (χ1n) is 8.93. The van der Waals surface area contributed by atoms with Crippen molar-refractivity contribution in [2.75, 3.05) is 13.1 Å². The molecule has 5 nitrogen and oxygen atoms in total. The number of rotatable bonds is 3. The van der Waals surface area contributed by atoms with Crippen LogP contribution in [0.4, 0.5) is 0 Å². The molecule has 0 unspecified atom stereocenters. The minimum atomic E-state index is -0.456. The molecule has 25 heavy (non-hydrogen) atoms. The Morgan fingerprint density at radius 3 is 2.40 bits per heavy atom. The van der Waals surface area contributed by atoms with E-state index >= 15 is 0 Å². The number of hydrogen-bond donors (Lipinski definition) is 1. The molecule has 1 atom stereocenters. The van der Waals surface area contributed by atoms with Gasteiger partial charge in [0, 0.05) is 19.3 Å². The molecule has 0 saturated carbocycles. The largest absolute Gasteiger partial charge is 0.388 e. The third-order valence-electron chi connectivity index (χ3n) is 4.93. The lowest BCUT2D eigenvalue weighted by Crippen LogP contribution is -2.39. The first kappa shape index (κ1) is 17.7. The fourth-order valence-electron chi connectivity index (χ4n) is 3.32. The van der Waals surface area contributed by atoms with E-state index in [1.165, 1.54) is 0 Å². The number of aliphatic hydroxyl groups excluding tert-OH is 1. The van der Waals surface area contributed by atoms with E-state index in [1.807, 2.05) is 46.1 Å². The topological polar surface area (TPSA) is 58.4 Å². The van der Waals surface area contributed by atoms with E-state index in [4.69, 9.17) is 0 Å². The van der Waals surface area contributed by atoms with Gasteiger partial charge >= 0.3 is 0 Å². The zero-order chi connectivity index (χ0) is 18.0. The number of aromatic nitrogens is 2. The van der Waals surface area contributed by atoms with Crippen molar-refractivity contribution in [3.05, 3.63) is 53.9 Å². The number of piperidine rings is 1. The monoisotopic (exact) mass is 341 g/mol. The molecular formula is C20H27N3O2. The van der Waals surface area contributed by atoms with Crippen molar-refractivity contribution in [1.29, 1.82) is 0 Å². The summed E-state index contributed by atoms with van der Waals surface area (Å²) in [6, 6.07) is 9.77. The number of nitrogens with zero attached hydrogens (tertiary/aromatic N) is 3. The van der Waals surface area contributed by atoms with Crippen LogP contribution in [0.3, 0.4) is 0 Å². The summed E-state index contributed by atoms with van der Waals surface area (Å²) < 4.78 is 1.83. The molecule has 1 amide bonds. The van der Waals surface area contributed by atoms with Gasteiger partial charge in [-0.2, -0.15) is 5.10 Å². The normalized spacial score (nSPS) is 17.5. The fraction of sp³-hybridized carbons (Fsp3) is 0.500. The Bertz CT molecular complexity index is 710. The zero-order valence-electron chi connectivity index (χ0n) is 15.2. The van der Waals surface area contributed by atoms with E-state index in [0.717, 1.165) is 18.4 Å². The van der Waals surface area contributed by atoms with Crippen LogP contribution in [0.2, 0.25) is 0 Å². The van der Waals surface area contributed by atoms with Crippen LogP contribution < -0.4 is 0 Å². The summed E-state index contributed by atoms with van der Waals surface area (Å²) in [6.45, 7) is 7.53. The molecule has 0 spiro atoms. The lowest BCUT2D eigenvalue weighted by Gasteiger charge is -2.34. The fourth-order valence-corrected chi connectivity index (χ4v) is 3.32. The molecular weight excluding hydrogens is 314 g/mol. The average molecular weight is 341 g/mol. The maximum Gasteiger partial charge on any atom is 0.257 e. The molecule has 0 aliphatic carbocycles. The van der Waals surface area contributed by atoms with Crippen molar-refractivity contribution in [2.45, 2.75) is 45.3 Å². The third kappa shape index (κ3) is 3.93. The van der Waals surface area contributed by atoms with Crippen LogP contribution >= 0.6 is 0 Å². The van der Waals surface area contributed by atoms with E-state index in [-0.39, 0.29) is 17.4 Å². The Hall–Kier alpha value is -2.14. The van der Waals surface area contributed by atoms with Crippen LogP contribution in [-0.4, -0.2) is 38.8 Å². The third-order valence-corrected chi connectivity index (χ3v) is 4.93. The zero-order valence-corrected chi connectivity index (χ0v) is 15.2. The van der Waals surface area contributed by atoms with E-state index in [1.54, 1.807) is 6.20 Å². The van der Waals surface area contributed by atoms with Crippen LogP contribution in [0, 0.1) is 5.92 Å². The highest BCUT2D eigenvalue weighted by molar-refractivity contribution is 5.93. The summed E-state index contributed by atoms with van der Waals surface area (Å²) in [5.74, 6) is 0.229. The molecule has 0 radical (unpaired) electrons. The quantitative estimate of drug-likeness (QED) is 0.932. The van der Waals surface area contributed by atoms with Crippen LogP contribution in [0.25, 0.3) is 0 Å². The van der Waals surface area contributed by atoms with Gasteiger partial charge in [-0.15, -0.1) is 0 Å². The summed E-state index contributed by atoms with van der Waals surface area (Å²) in [7, 11) is 0. The van der Waals surface area contributed by atoms with Gasteiger partial charge in [-0.3, -0.25) is 9.48 Å². The van der Waals surface area contributed by atoms with Crippen LogP contribution in [0.1, 0.15) is 55.6 Å². The standard InChI is InChI=1S/C20H27N3O2/c1-20(2,3)23-14-17(13-21-23)19(25)22-11-9-16(10-12-22)18(24)15-7-5-4-6-8-15/h4-8,13-14,16,18,24H,9-12H2,1-3H3/t18-/m1/s1. The van der Waals surface area contributed by atoms with E-state index in [0.29, 0.717) is 18.7 Å². The first-order valence-corrected chi connectivity index (χ1v) is 8.93. The molecule has 2 heterocycles. The second kappa shape index (κ2) is 7.00. The predicted octanol–water partition coefficient (Wildman–Crippen LogP) is 3.22. The van der Waals surface area contributed by atoms with Crippen molar-refractivity contribution in [2.24, 2.45) is 5.92 Å². The second-order valence-electron chi connectivity index (χ2n) is 7.83. The molecule has 134 valence electrons. The van der Waals surface area contributed by atoms with Crippen LogP contribution in [0.15, 0.2) is 42.7 Å². The van der Waals surface area contributed by atoms with E-state index in [2.05, 4.69) is 25.9 Å². The summed E-state index contributed by atoms with van der Waals surface area (Å²) in [6.07, 6.45) is 4.65. The molecule has 2 aromatic rings. The minimum Gasteiger partial charge on any atom is -0.388 e. The lowest BCUT2D eigenvalue weighted by atomic mass is 9.87. The Labute approximate surface area is 149 Å². The number of benzene rings is 1. The highest BCUT2D eigenvalue weighted by atomic mass is 16.3. The molecule has 1 aromatic heterocycles. The summed E-state index contributed by atoms with van der Waals surface area (Å²) >= 11 is 0. The number of amides is 1. The van der Waals surface area contributed by atoms with Gasteiger partial charge in [0.2, 0.25) is 0 Å². The number of aliphatic hydroxyl groups is 1. The Morgan fingerprint density at radius 2 is 1.84 bits per heavy atom. The summed E-state index contributed by atoms with van der Waals surface area (Å²) in [5.41, 5.74) is 1.46. The van der Waals surface area contributed by atoms with E-state index in [9.17, 15) is 9.90 Å². The maximum atomic E-state index is 12.7. The molecule has 1 N–H and O–H groups in total. The molecule has 1 aliphatic rings. The Morgan fingerprint density at radius 1 is 1.20 bits per heavy atom. The number of carbonyl (C=O) groups is 1. The highest BCUT2D eigenvalue weighted by Gasteiger charge is 2.29. The van der Waals surface area contributed by atoms with Crippen molar-refractivity contribution < 1.29 is 9.90 Å². The molecule has 1 saturated heterocycles. The van der Waals surface area contributed by atoms with Gasteiger partial charge in [0.05, 0.1) is 23.4 Å². The average Bonchev–Trinajstić information content (AvgIpc) is 3.12. The van der Waals surface area contributed by atoms with Crippen molar-refractivity contribution in [1.82, 2.24) is 14.7 Å².